The molecule has 0 aromatic heterocycles. The maximum Gasteiger partial charge on any atom is 0.264 e. The third kappa shape index (κ3) is 5.50. The van der Waals surface area contributed by atoms with E-state index >= 15 is 0 Å². The van der Waals surface area contributed by atoms with Crippen molar-refractivity contribution in [3.8, 4) is 0 Å². The van der Waals surface area contributed by atoms with Gasteiger partial charge in [-0.3, -0.25) is 4.79 Å². The van der Waals surface area contributed by atoms with Gasteiger partial charge in [-0.05, 0) is 71.8 Å². The summed E-state index contributed by atoms with van der Waals surface area (Å²) in [6, 6.07) is 22.9. The van der Waals surface area contributed by atoms with Crippen LogP contribution in [0, 0.1) is 12.3 Å². The van der Waals surface area contributed by atoms with E-state index in [0.717, 1.165) is 50.1 Å². The number of para-hydroxylation sites is 1. The van der Waals surface area contributed by atoms with Crippen LogP contribution in [0.1, 0.15) is 46.9 Å². The third-order valence-electron chi connectivity index (χ3n) is 7.68. The largest absolute Gasteiger partial charge is 0.377 e. The lowest BCUT2D eigenvalue weighted by Crippen LogP contribution is -2.46. The molecule has 8 heteroatoms. The summed E-state index contributed by atoms with van der Waals surface area (Å²) < 4.78 is 25.0. The van der Waals surface area contributed by atoms with Crippen LogP contribution in [0.5, 0.6) is 0 Å². The minimum Gasteiger partial charge on any atom is -0.377 e. The molecule has 38 heavy (non-hydrogen) atoms. The van der Waals surface area contributed by atoms with Crippen molar-refractivity contribution in [1.29, 1.82) is 0 Å². The molecule has 0 saturated carbocycles. The van der Waals surface area contributed by atoms with Gasteiger partial charge < -0.3 is 15.1 Å². The highest BCUT2D eigenvalue weighted by atomic mass is 32.2. The number of fused-ring (bicyclic) bond motifs is 1. The van der Waals surface area contributed by atoms with Crippen molar-refractivity contribution in [2.24, 2.45) is 5.41 Å². The monoisotopic (exact) mass is 532 g/mol. The van der Waals surface area contributed by atoms with Gasteiger partial charge in [0.25, 0.3) is 5.91 Å². The summed E-state index contributed by atoms with van der Waals surface area (Å²) in [7, 11) is -3.62. The van der Waals surface area contributed by atoms with E-state index in [-0.39, 0.29) is 11.5 Å². The summed E-state index contributed by atoms with van der Waals surface area (Å²) >= 11 is 0. The Balaban J connectivity index is 1.32. The minimum atomic E-state index is -3.62. The number of amides is 1. The van der Waals surface area contributed by atoms with Gasteiger partial charge in [0.05, 0.1) is 12.3 Å². The Morgan fingerprint density at radius 3 is 2.37 bits per heavy atom. The maximum absolute atomic E-state index is 12.4. The first kappa shape index (κ1) is 26.1. The molecular weight excluding hydrogens is 496 g/mol. The molecule has 2 aliphatic rings. The number of carbonyl (C=O) groups is 1. The lowest BCUT2D eigenvalue weighted by atomic mass is 9.72. The molecule has 0 spiro atoms. The molecule has 2 aliphatic heterocycles. The summed E-state index contributed by atoms with van der Waals surface area (Å²) in [6.07, 6.45) is 1.75. The van der Waals surface area contributed by atoms with Crippen LogP contribution in [-0.4, -0.2) is 46.8 Å². The van der Waals surface area contributed by atoms with Crippen molar-refractivity contribution in [2.45, 2.75) is 33.2 Å². The highest BCUT2D eigenvalue weighted by molar-refractivity contribution is 7.89. The van der Waals surface area contributed by atoms with E-state index in [4.69, 9.17) is 0 Å². The molecule has 2 heterocycles. The molecule has 1 saturated heterocycles. The Morgan fingerprint density at radius 2 is 1.66 bits per heavy atom. The number of anilines is 3. The first-order valence-electron chi connectivity index (χ1n) is 13.1. The summed E-state index contributed by atoms with van der Waals surface area (Å²) in [5.41, 5.74) is 7.32. The fourth-order valence-electron chi connectivity index (χ4n) is 5.75. The molecule has 1 atom stereocenters. The predicted molar refractivity (Wildman–Crippen MR) is 155 cm³/mol. The van der Waals surface area contributed by atoms with Crippen molar-refractivity contribution >= 4 is 33.0 Å². The van der Waals surface area contributed by atoms with Gasteiger partial charge in [0, 0.05) is 48.8 Å². The van der Waals surface area contributed by atoms with Gasteiger partial charge in [0.2, 0.25) is 10.0 Å². The van der Waals surface area contributed by atoms with Gasteiger partial charge in [-0.15, -0.1) is 0 Å². The van der Waals surface area contributed by atoms with E-state index in [1.54, 1.807) is 12.1 Å². The zero-order valence-electron chi connectivity index (χ0n) is 22.5. The second-order valence-corrected chi connectivity index (χ2v) is 12.9. The molecule has 2 N–H and O–H groups in total. The Labute approximate surface area is 225 Å². The van der Waals surface area contributed by atoms with Crippen LogP contribution < -0.4 is 19.8 Å². The van der Waals surface area contributed by atoms with E-state index in [1.807, 2.05) is 6.07 Å². The molecule has 0 radical (unpaired) electrons. The lowest BCUT2D eigenvalue weighted by Gasteiger charge is -2.42. The second-order valence-electron chi connectivity index (χ2n) is 11.2. The summed E-state index contributed by atoms with van der Waals surface area (Å²) in [5, 5.41) is 3.71. The van der Waals surface area contributed by atoms with Gasteiger partial charge in [-0.2, -0.15) is 0 Å². The van der Waals surface area contributed by atoms with Crippen molar-refractivity contribution < 1.29 is 13.2 Å². The number of hydrogen-bond acceptors (Lipinski definition) is 6. The zero-order valence-corrected chi connectivity index (χ0v) is 23.3. The number of benzene rings is 3. The predicted octanol–water partition coefficient (Wildman–Crippen LogP) is 4.75. The molecule has 1 amide bonds. The quantitative estimate of drug-likeness (QED) is 0.494. The molecule has 3 aromatic rings. The van der Waals surface area contributed by atoms with Gasteiger partial charge >= 0.3 is 0 Å². The van der Waals surface area contributed by atoms with Crippen LogP contribution in [0.3, 0.4) is 0 Å². The summed E-state index contributed by atoms with van der Waals surface area (Å²) in [4.78, 5) is 17.3. The second kappa shape index (κ2) is 9.98. The van der Waals surface area contributed by atoms with Gasteiger partial charge in [-0.25, -0.2) is 13.1 Å². The number of carbonyl (C=O) groups excluding carboxylic acids is 1. The summed E-state index contributed by atoms with van der Waals surface area (Å²) in [6.45, 7) is 10.6. The molecule has 5 rings (SSSR count). The highest BCUT2D eigenvalue weighted by Crippen LogP contribution is 2.45. The number of piperazine rings is 1. The Kier molecular flexibility index (Phi) is 6.86. The molecule has 0 bridgehead atoms. The first-order valence-corrected chi connectivity index (χ1v) is 15.0. The summed E-state index contributed by atoms with van der Waals surface area (Å²) in [5.74, 6) is -0.606. The molecule has 200 valence electrons. The van der Waals surface area contributed by atoms with Crippen molar-refractivity contribution in [3.05, 3.63) is 89.0 Å². The fourth-order valence-corrected chi connectivity index (χ4v) is 6.21. The van der Waals surface area contributed by atoms with Crippen molar-refractivity contribution in [1.82, 2.24) is 4.72 Å². The van der Waals surface area contributed by atoms with E-state index < -0.39 is 15.9 Å². The van der Waals surface area contributed by atoms with Crippen molar-refractivity contribution in [3.63, 3.8) is 0 Å². The van der Waals surface area contributed by atoms with E-state index in [2.05, 4.69) is 89.1 Å². The normalized spacial score (nSPS) is 18.9. The van der Waals surface area contributed by atoms with Crippen LogP contribution in [0.15, 0.2) is 66.7 Å². The molecule has 0 aliphatic carbocycles. The highest BCUT2D eigenvalue weighted by Gasteiger charge is 2.36. The lowest BCUT2D eigenvalue weighted by molar-refractivity contribution is 0.0981. The number of nitrogens with one attached hydrogen (secondary N) is 2. The maximum atomic E-state index is 12.4. The van der Waals surface area contributed by atoms with Gasteiger partial charge in [-0.1, -0.05) is 44.2 Å². The minimum absolute atomic E-state index is 0.0962. The SMILES string of the molecule is Cc1ccccc1N1CCN(c2cccc(C3Nc4ccc(C(=O)NS(C)(=O)=O)cc4CC3(C)C)c2)CC1. The van der Waals surface area contributed by atoms with E-state index in [0.29, 0.717) is 5.56 Å². The van der Waals surface area contributed by atoms with Crippen LogP contribution in [0.2, 0.25) is 0 Å². The average molecular weight is 533 g/mol. The number of sulfonamides is 1. The van der Waals surface area contributed by atoms with Gasteiger partial charge in [0.1, 0.15) is 0 Å². The fraction of sp³-hybridized carbons (Fsp3) is 0.367. The number of rotatable bonds is 5. The van der Waals surface area contributed by atoms with Crippen LogP contribution in [0.4, 0.5) is 17.1 Å². The molecule has 7 nitrogen and oxygen atoms in total. The molecule has 3 aromatic carbocycles. The number of aryl methyl sites for hydroxylation is 1. The number of hydrogen-bond donors (Lipinski definition) is 2. The average Bonchev–Trinajstić information content (AvgIpc) is 2.87. The van der Waals surface area contributed by atoms with Crippen LogP contribution in [0.25, 0.3) is 0 Å². The Morgan fingerprint density at radius 1 is 0.947 bits per heavy atom. The molecular formula is C30H36N4O3S. The van der Waals surface area contributed by atoms with Gasteiger partial charge in [0.15, 0.2) is 0 Å². The van der Waals surface area contributed by atoms with Crippen LogP contribution >= 0.6 is 0 Å². The van der Waals surface area contributed by atoms with E-state index in [1.165, 1.54) is 22.5 Å². The van der Waals surface area contributed by atoms with Crippen LogP contribution in [-0.2, 0) is 16.4 Å². The standard InChI is InChI=1S/C30H36N4O3S/c1-21-8-5-6-11-27(21)34-16-14-33(15-17-34)25-10-7-9-22(19-25)28-30(2,3)20-24-18-23(12-13-26(24)31-28)29(35)32-38(4,36)37/h5-13,18-19,28,31H,14-17,20H2,1-4H3,(H,32,35). The molecule has 1 fully saturated rings. The zero-order chi connectivity index (χ0) is 27.1. The first-order chi connectivity index (χ1) is 18.0. The Bertz CT molecular complexity index is 1460. The Hall–Kier alpha value is -3.52. The third-order valence-corrected chi connectivity index (χ3v) is 8.23. The van der Waals surface area contributed by atoms with Crippen molar-refractivity contribution in [2.75, 3.05) is 47.6 Å². The number of nitrogens with zero attached hydrogens (tertiary/aromatic N) is 2. The molecule has 1 unspecified atom stereocenters. The van der Waals surface area contributed by atoms with E-state index in [9.17, 15) is 13.2 Å². The smallest absolute Gasteiger partial charge is 0.264 e. The topological polar surface area (TPSA) is 81.8 Å².